The van der Waals surface area contributed by atoms with Gasteiger partial charge in [0, 0.05) is 0 Å². The van der Waals surface area contributed by atoms with Crippen molar-refractivity contribution in [1.29, 1.82) is 0 Å². The van der Waals surface area contributed by atoms with E-state index in [1.165, 1.54) is 0 Å². The van der Waals surface area contributed by atoms with Crippen LogP contribution in [-0.4, -0.2) is 97.1 Å². The first-order valence-electron chi connectivity index (χ1n) is 12.3. The molecule has 5 aliphatic rings. The normalized spacial score (nSPS) is 45.0. The van der Waals surface area contributed by atoms with E-state index in [9.17, 15) is 9.59 Å². The van der Waals surface area contributed by atoms with Crippen LogP contribution in [0.15, 0.2) is 0 Å². The van der Waals surface area contributed by atoms with E-state index in [-0.39, 0.29) is 13.2 Å². The quantitative estimate of drug-likeness (QED) is 0.429. The highest BCUT2D eigenvalue weighted by Crippen LogP contribution is 2.41. The zero-order chi connectivity index (χ0) is 26.3. The molecular formula is C24H36O12. The zero-order valence-corrected chi connectivity index (χ0v) is 21.9. The van der Waals surface area contributed by atoms with Crippen LogP contribution in [0.1, 0.15) is 55.4 Å². The van der Waals surface area contributed by atoms with Gasteiger partial charge in [-0.1, -0.05) is 0 Å². The van der Waals surface area contributed by atoms with Crippen LogP contribution in [-0.2, 0) is 57.0 Å². The van der Waals surface area contributed by atoms with Gasteiger partial charge < -0.3 is 47.4 Å². The van der Waals surface area contributed by atoms with Crippen molar-refractivity contribution in [3.8, 4) is 0 Å². The first kappa shape index (κ1) is 26.2. The molecule has 0 radical (unpaired) electrons. The minimum Gasteiger partial charge on any atom is -0.461 e. The molecule has 0 bridgehead atoms. The molecule has 0 unspecified atom stereocenters. The first-order chi connectivity index (χ1) is 16.5. The Bertz CT molecular complexity index is 826. The molecule has 0 spiro atoms. The van der Waals surface area contributed by atoms with Crippen LogP contribution in [0.3, 0.4) is 0 Å². The van der Waals surface area contributed by atoms with Crippen molar-refractivity contribution in [1.82, 2.24) is 0 Å². The molecule has 5 aliphatic heterocycles. The molecule has 12 nitrogen and oxygen atoms in total. The SMILES string of the molecule is CC1(C)O[C@@H]2[C@@H]3OC(C)(C)O[C@H]3C(=O)OC[C@H]3OC(C)(C)O[C@@H]3[C@@H]3OC(C)(C)O[C@H]3C(=O)OC[C@H]2O1. The number of hydrogen-bond donors (Lipinski definition) is 0. The number of carbonyl (C=O) groups is 2. The Morgan fingerprint density at radius 2 is 0.778 bits per heavy atom. The highest BCUT2D eigenvalue weighted by atomic mass is 16.8. The molecule has 0 aromatic carbocycles. The summed E-state index contributed by atoms with van der Waals surface area (Å²) in [5.41, 5.74) is 0. The maximum absolute atomic E-state index is 13.3. The van der Waals surface area contributed by atoms with Gasteiger partial charge >= 0.3 is 11.9 Å². The van der Waals surface area contributed by atoms with E-state index in [0.717, 1.165) is 0 Å². The number of cyclic esters (lactones) is 2. The molecule has 5 rings (SSSR count). The van der Waals surface area contributed by atoms with Crippen LogP contribution in [0, 0.1) is 0 Å². The summed E-state index contributed by atoms with van der Waals surface area (Å²) in [5.74, 6) is -5.47. The fourth-order valence-electron chi connectivity index (χ4n) is 5.46. The molecular weight excluding hydrogens is 480 g/mol. The second kappa shape index (κ2) is 8.57. The maximum Gasteiger partial charge on any atom is 0.338 e. The lowest BCUT2D eigenvalue weighted by Crippen LogP contribution is -2.50. The predicted octanol–water partition coefficient (Wildman–Crippen LogP) is 1.17. The highest BCUT2D eigenvalue weighted by Gasteiger charge is 2.59. The van der Waals surface area contributed by atoms with Gasteiger partial charge in [-0.15, -0.1) is 0 Å². The summed E-state index contributed by atoms with van der Waals surface area (Å²) in [5, 5.41) is 0. The number of rotatable bonds is 0. The third-order valence-electron chi connectivity index (χ3n) is 6.59. The summed E-state index contributed by atoms with van der Waals surface area (Å²) >= 11 is 0. The van der Waals surface area contributed by atoms with Crippen LogP contribution in [0.2, 0.25) is 0 Å². The van der Waals surface area contributed by atoms with Crippen molar-refractivity contribution in [3.63, 3.8) is 0 Å². The summed E-state index contributed by atoms with van der Waals surface area (Å²) in [4.78, 5) is 26.5. The van der Waals surface area contributed by atoms with Crippen molar-refractivity contribution in [2.75, 3.05) is 13.2 Å². The maximum atomic E-state index is 13.3. The molecule has 0 saturated carbocycles. The van der Waals surface area contributed by atoms with Gasteiger partial charge in [0.15, 0.2) is 35.4 Å². The van der Waals surface area contributed by atoms with Crippen LogP contribution >= 0.6 is 0 Å². The van der Waals surface area contributed by atoms with Gasteiger partial charge in [0.05, 0.1) is 0 Å². The summed E-state index contributed by atoms with van der Waals surface area (Å²) < 4.78 is 59.5. The van der Waals surface area contributed by atoms with Crippen LogP contribution < -0.4 is 0 Å². The molecule has 204 valence electrons. The predicted molar refractivity (Wildman–Crippen MR) is 117 cm³/mol. The summed E-state index contributed by atoms with van der Waals surface area (Å²) in [7, 11) is 0. The van der Waals surface area contributed by atoms with Gasteiger partial charge in [-0.25, -0.2) is 9.59 Å². The fourth-order valence-corrected chi connectivity index (χ4v) is 5.46. The van der Waals surface area contributed by atoms with E-state index < -0.39 is 83.9 Å². The average molecular weight is 517 g/mol. The van der Waals surface area contributed by atoms with Gasteiger partial charge in [-0.3, -0.25) is 0 Å². The number of ether oxygens (including phenoxy) is 10. The second-order valence-electron chi connectivity index (χ2n) is 11.6. The highest BCUT2D eigenvalue weighted by molar-refractivity contribution is 5.77. The molecule has 5 fully saturated rings. The van der Waals surface area contributed by atoms with Crippen molar-refractivity contribution < 1.29 is 57.0 Å². The Labute approximate surface area is 210 Å². The lowest BCUT2D eigenvalue weighted by Gasteiger charge is -2.28. The van der Waals surface area contributed by atoms with E-state index in [2.05, 4.69) is 0 Å². The first-order valence-corrected chi connectivity index (χ1v) is 12.3. The summed E-state index contributed by atoms with van der Waals surface area (Å²) in [6, 6.07) is 0. The number of hydrogen-bond acceptors (Lipinski definition) is 12. The van der Waals surface area contributed by atoms with Crippen LogP contribution in [0.4, 0.5) is 0 Å². The fraction of sp³-hybridized carbons (Fsp3) is 0.917. The standard InChI is InChI=1S/C24H36O12/c1-21(2)29-11-9-27-20(26)18-16(34-24(7,8)36-18)14-12(30-22(3,4)32-14)10-28-19(25)17-15(13(11)31-21)33-23(5,6)35-17/h11-18H,9-10H2,1-8H3/t11-,12-,13+,14+,15+,16+,17-,18-/m1/s1. The lowest BCUT2D eigenvalue weighted by atomic mass is 10.0. The summed E-state index contributed by atoms with van der Waals surface area (Å²) in [6.45, 7) is 13.4. The molecule has 0 amide bonds. The van der Waals surface area contributed by atoms with Crippen molar-refractivity contribution in [3.05, 3.63) is 0 Å². The molecule has 12 heteroatoms. The Balaban J connectivity index is 1.48. The Morgan fingerprint density at radius 3 is 1.14 bits per heavy atom. The second-order valence-corrected chi connectivity index (χ2v) is 11.6. The van der Waals surface area contributed by atoms with Gasteiger partial charge in [-0.2, -0.15) is 0 Å². The molecule has 0 aliphatic carbocycles. The van der Waals surface area contributed by atoms with Crippen LogP contribution in [0.25, 0.3) is 0 Å². The molecule has 8 atom stereocenters. The van der Waals surface area contributed by atoms with Gasteiger partial charge in [-0.05, 0) is 55.4 Å². The van der Waals surface area contributed by atoms with Gasteiger partial charge in [0.1, 0.15) is 49.8 Å². The molecule has 0 N–H and O–H groups in total. The Hall–Kier alpha value is -1.38. The van der Waals surface area contributed by atoms with E-state index in [0.29, 0.717) is 0 Å². The molecule has 0 aromatic heterocycles. The van der Waals surface area contributed by atoms with E-state index in [1.807, 2.05) is 0 Å². The third-order valence-corrected chi connectivity index (χ3v) is 6.59. The number of carbonyl (C=O) groups excluding carboxylic acids is 2. The minimum atomic E-state index is -1.10. The number of esters is 2. The average Bonchev–Trinajstić information content (AvgIpc) is 3.43. The van der Waals surface area contributed by atoms with E-state index >= 15 is 0 Å². The van der Waals surface area contributed by atoms with Crippen molar-refractivity contribution in [2.24, 2.45) is 0 Å². The Kier molecular flexibility index (Phi) is 6.24. The Morgan fingerprint density at radius 1 is 0.472 bits per heavy atom. The zero-order valence-electron chi connectivity index (χ0n) is 21.9. The molecule has 5 heterocycles. The largest absolute Gasteiger partial charge is 0.461 e. The smallest absolute Gasteiger partial charge is 0.338 e. The van der Waals surface area contributed by atoms with Crippen LogP contribution in [0.5, 0.6) is 0 Å². The van der Waals surface area contributed by atoms with Gasteiger partial charge in [0.25, 0.3) is 0 Å². The number of fused-ring (bicyclic) bond motifs is 6. The van der Waals surface area contributed by atoms with Crippen molar-refractivity contribution in [2.45, 2.75) is 127 Å². The topological polar surface area (TPSA) is 126 Å². The van der Waals surface area contributed by atoms with Crippen molar-refractivity contribution >= 4 is 11.9 Å². The minimum absolute atomic E-state index is 0.168. The lowest BCUT2D eigenvalue weighted by molar-refractivity contribution is -0.179. The monoisotopic (exact) mass is 516 g/mol. The molecule has 5 saturated heterocycles. The van der Waals surface area contributed by atoms with Gasteiger partial charge in [0.2, 0.25) is 0 Å². The summed E-state index contributed by atoms with van der Waals surface area (Å²) in [6.07, 6.45) is -6.97. The third kappa shape index (κ3) is 5.02. The molecule has 36 heavy (non-hydrogen) atoms. The van der Waals surface area contributed by atoms with E-state index in [4.69, 9.17) is 47.4 Å². The molecule has 0 aromatic rings. The van der Waals surface area contributed by atoms with E-state index in [1.54, 1.807) is 55.4 Å².